The van der Waals surface area contributed by atoms with Crippen molar-refractivity contribution in [3.05, 3.63) is 59.8 Å². The minimum Gasteiger partial charge on any atom is -0.494 e. The van der Waals surface area contributed by atoms with Gasteiger partial charge in [-0.15, -0.1) is 11.3 Å². The van der Waals surface area contributed by atoms with Gasteiger partial charge in [-0.1, -0.05) is 6.07 Å². The van der Waals surface area contributed by atoms with Crippen LogP contribution in [0.2, 0.25) is 0 Å². The summed E-state index contributed by atoms with van der Waals surface area (Å²) in [4.78, 5) is 32.8. The molecule has 0 atom stereocenters. The van der Waals surface area contributed by atoms with E-state index in [1.807, 2.05) is 36.6 Å². The molecule has 0 bridgehead atoms. The molecule has 0 aliphatic carbocycles. The van der Waals surface area contributed by atoms with Crippen molar-refractivity contribution in [2.75, 3.05) is 18.5 Å². The second-order valence-electron chi connectivity index (χ2n) is 6.12. The first-order valence-corrected chi connectivity index (χ1v) is 10.00. The van der Waals surface area contributed by atoms with Gasteiger partial charge in [-0.2, -0.15) is 0 Å². The fraction of sp³-hybridized carbons (Fsp3) is 0.143. The summed E-state index contributed by atoms with van der Waals surface area (Å²) in [6.45, 7) is 2.09. The summed E-state index contributed by atoms with van der Waals surface area (Å²) in [5.41, 5.74) is 2.73. The minimum atomic E-state index is -0.654. The maximum atomic E-state index is 12.3. The zero-order valence-corrected chi connectivity index (χ0v) is 16.8. The number of rotatable bonds is 7. The van der Waals surface area contributed by atoms with Gasteiger partial charge in [0.25, 0.3) is 5.91 Å². The fourth-order valence-corrected chi connectivity index (χ4v) is 3.50. The Kier molecular flexibility index (Phi) is 5.71. The van der Waals surface area contributed by atoms with Crippen LogP contribution in [0.4, 0.5) is 5.13 Å². The number of aromatic nitrogens is 2. The number of thiazole rings is 1. The van der Waals surface area contributed by atoms with E-state index < -0.39 is 18.5 Å². The first-order valence-electron chi connectivity index (χ1n) is 9.12. The van der Waals surface area contributed by atoms with Crippen molar-refractivity contribution in [3.8, 4) is 17.0 Å². The molecule has 0 aliphatic heterocycles. The molecule has 0 saturated carbocycles. The maximum Gasteiger partial charge on any atom is 0.340 e. The quantitative estimate of drug-likeness (QED) is 0.445. The van der Waals surface area contributed by atoms with Crippen LogP contribution in [0, 0.1) is 0 Å². The largest absolute Gasteiger partial charge is 0.494 e. The third kappa shape index (κ3) is 4.31. The van der Waals surface area contributed by atoms with Gasteiger partial charge in [0.2, 0.25) is 0 Å². The van der Waals surface area contributed by atoms with Gasteiger partial charge in [-0.05, 0) is 43.3 Å². The van der Waals surface area contributed by atoms with Crippen LogP contribution in [-0.2, 0) is 9.53 Å². The minimum absolute atomic E-state index is 0.237. The van der Waals surface area contributed by atoms with E-state index in [0.29, 0.717) is 22.8 Å². The van der Waals surface area contributed by atoms with Crippen molar-refractivity contribution >= 4 is 39.4 Å². The van der Waals surface area contributed by atoms with Crippen LogP contribution in [0.25, 0.3) is 22.4 Å². The van der Waals surface area contributed by atoms with Crippen LogP contribution in [-0.4, -0.2) is 35.1 Å². The molecule has 1 amide bonds. The Balaban J connectivity index is 1.34. The Morgan fingerprint density at radius 1 is 1.17 bits per heavy atom. The lowest BCUT2D eigenvalue weighted by Crippen LogP contribution is -2.21. The molecular weight excluding hydrogens is 406 g/mol. The number of hydrogen-bond donors (Lipinski definition) is 1. The predicted molar refractivity (Wildman–Crippen MR) is 112 cm³/mol. The molecule has 1 N–H and O–H groups in total. The van der Waals surface area contributed by atoms with Crippen LogP contribution in [0.3, 0.4) is 0 Å². The second-order valence-corrected chi connectivity index (χ2v) is 6.98. The summed E-state index contributed by atoms with van der Waals surface area (Å²) < 4.78 is 15.7. The molecule has 4 rings (SSSR count). The average Bonchev–Trinajstić information content (AvgIpc) is 3.42. The highest BCUT2D eigenvalue weighted by molar-refractivity contribution is 7.14. The predicted octanol–water partition coefficient (Wildman–Crippen LogP) is 4.15. The number of para-hydroxylation sites is 1. The molecular formula is C21H17N3O5S. The number of esters is 1. The highest BCUT2D eigenvalue weighted by Crippen LogP contribution is 2.26. The summed E-state index contributed by atoms with van der Waals surface area (Å²) >= 11 is 1.28. The van der Waals surface area contributed by atoms with E-state index >= 15 is 0 Å². The van der Waals surface area contributed by atoms with Gasteiger partial charge in [-0.25, -0.2) is 14.8 Å². The molecule has 0 fully saturated rings. The first kappa shape index (κ1) is 19.6. The maximum absolute atomic E-state index is 12.3. The Hall–Kier alpha value is -3.72. The molecule has 30 heavy (non-hydrogen) atoms. The standard InChI is InChI=1S/C21H17N3O5S/c1-2-27-14-8-6-13(7-9-14)16-11-30-21(23-16)24-18(25)10-28-20(26)15-4-3-5-17-19(15)22-12-29-17/h3-9,11-12H,2,10H2,1H3,(H,23,24,25). The van der Waals surface area contributed by atoms with Crippen molar-refractivity contribution in [3.63, 3.8) is 0 Å². The van der Waals surface area contributed by atoms with Gasteiger partial charge < -0.3 is 13.9 Å². The van der Waals surface area contributed by atoms with E-state index in [1.165, 1.54) is 17.7 Å². The second kappa shape index (κ2) is 8.75. The molecule has 2 aromatic carbocycles. The van der Waals surface area contributed by atoms with Crippen LogP contribution < -0.4 is 10.1 Å². The van der Waals surface area contributed by atoms with E-state index in [-0.39, 0.29) is 5.56 Å². The number of carbonyl (C=O) groups is 2. The summed E-state index contributed by atoms with van der Waals surface area (Å²) in [5, 5.41) is 4.89. The van der Waals surface area contributed by atoms with Crippen LogP contribution >= 0.6 is 11.3 Å². The third-order valence-electron chi connectivity index (χ3n) is 4.13. The number of anilines is 1. The lowest BCUT2D eigenvalue weighted by molar-refractivity contribution is -0.119. The SMILES string of the molecule is CCOc1ccc(-c2csc(NC(=O)COC(=O)c3cccc4ocnc34)n2)cc1. The number of hydrogen-bond acceptors (Lipinski definition) is 8. The van der Waals surface area contributed by atoms with E-state index in [0.717, 1.165) is 17.0 Å². The van der Waals surface area contributed by atoms with E-state index in [4.69, 9.17) is 13.9 Å². The molecule has 152 valence electrons. The van der Waals surface area contributed by atoms with Crippen LogP contribution in [0.1, 0.15) is 17.3 Å². The van der Waals surface area contributed by atoms with E-state index in [1.54, 1.807) is 18.2 Å². The number of fused-ring (bicyclic) bond motifs is 1. The number of nitrogens with zero attached hydrogens (tertiary/aromatic N) is 2. The van der Waals surface area contributed by atoms with Crippen molar-refractivity contribution in [1.82, 2.24) is 9.97 Å². The molecule has 8 nitrogen and oxygen atoms in total. The van der Waals surface area contributed by atoms with Gasteiger partial charge in [0, 0.05) is 10.9 Å². The molecule has 4 aromatic rings. The smallest absolute Gasteiger partial charge is 0.340 e. The van der Waals surface area contributed by atoms with Crippen molar-refractivity contribution in [1.29, 1.82) is 0 Å². The molecule has 2 heterocycles. The van der Waals surface area contributed by atoms with Crippen molar-refractivity contribution in [2.24, 2.45) is 0 Å². The van der Waals surface area contributed by atoms with Gasteiger partial charge in [-0.3, -0.25) is 10.1 Å². The Bertz CT molecular complexity index is 1180. The summed E-state index contributed by atoms with van der Waals surface area (Å²) in [5.74, 6) is -0.352. The Morgan fingerprint density at radius 2 is 2.00 bits per heavy atom. The van der Waals surface area contributed by atoms with Gasteiger partial charge in [0.05, 0.1) is 17.9 Å². The Morgan fingerprint density at radius 3 is 2.80 bits per heavy atom. The van der Waals surface area contributed by atoms with Crippen LogP contribution in [0.5, 0.6) is 5.75 Å². The Labute approximate surface area is 175 Å². The van der Waals surface area contributed by atoms with Gasteiger partial charge >= 0.3 is 5.97 Å². The lowest BCUT2D eigenvalue weighted by atomic mass is 10.2. The normalized spacial score (nSPS) is 10.7. The highest BCUT2D eigenvalue weighted by Gasteiger charge is 2.16. The average molecular weight is 423 g/mol. The van der Waals surface area contributed by atoms with E-state index in [2.05, 4.69) is 15.3 Å². The molecule has 9 heteroatoms. The topological polar surface area (TPSA) is 104 Å². The molecule has 0 saturated heterocycles. The third-order valence-corrected chi connectivity index (χ3v) is 4.88. The molecule has 0 spiro atoms. The number of benzene rings is 2. The van der Waals surface area contributed by atoms with Crippen LogP contribution in [0.15, 0.2) is 58.7 Å². The number of ether oxygens (including phenoxy) is 2. The monoisotopic (exact) mass is 423 g/mol. The fourth-order valence-electron chi connectivity index (χ4n) is 2.77. The van der Waals surface area contributed by atoms with Gasteiger partial charge in [0.15, 0.2) is 23.7 Å². The highest BCUT2D eigenvalue weighted by atomic mass is 32.1. The number of nitrogens with one attached hydrogen (secondary N) is 1. The molecule has 0 unspecified atom stereocenters. The van der Waals surface area contributed by atoms with Gasteiger partial charge in [0.1, 0.15) is 11.3 Å². The molecule has 0 aliphatic rings. The first-order chi connectivity index (χ1) is 14.6. The molecule has 2 aromatic heterocycles. The summed E-state index contributed by atoms with van der Waals surface area (Å²) in [7, 11) is 0. The molecule has 0 radical (unpaired) electrons. The number of oxazole rings is 1. The van der Waals surface area contributed by atoms with Crippen molar-refractivity contribution < 1.29 is 23.5 Å². The van der Waals surface area contributed by atoms with Crippen molar-refractivity contribution in [2.45, 2.75) is 6.92 Å². The summed E-state index contributed by atoms with van der Waals surface area (Å²) in [6, 6.07) is 12.4. The lowest BCUT2D eigenvalue weighted by Gasteiger charge is -2.05. The number of carbonyl (C=O) groups excluding carboxylic acids is 2. The number of amides is 1. The van der Waals surface area contributed by atoms with E-state index in [9.17, 15) is 9.59 Å². The zero-order chi connectivity index (χ0) is 20.9. The zero-order valence-electron chi connectivity index (χ0n) is 16.0. The summed E-state index contributed by atoms with van der Waals surface area (Å²) in [6.07, 6.45) is 1.25.